The molecule has 0 spiro atoms. The van der Waals surface area contributed by atoms with E-state index in [-0.39, 0.29) is 6.54 Å². The van der Waals surface area contributed by atoms with Crippen molar-refractivity contribution in [2.24, 2.45) is 0 Å². The first-order valence-corrected chi connectivity index (χ1v) is 7.58. The fraction of sp³-hybridized carbons (Fsp3) is 0.143. The molecule has 0 aliphatic heterocycles. The summed E-state index contributed by atoms with van der Waals surface area (Å²) in [7, 11) is -4.12. The van der Waals surface area contributed by atoms with E-state index in [4.69, 9.17) is 5.73 Å². The Hall–Kier alpha value is -1.99. The molecule has 0 fully saturated rings. The lowest BCUT2D eigenvalue weighted by Crippen LogP contribution is -2.24. The highest BCUT2D eigenvalue weighted by atomic mass is 32.2. The molecule has 0 saturated carbocycles. The number of benzene rings is 2. The van der Waals surface area contributed by atoms with Gasteiger partial charge in [0.1, 0.15) is 16.5 Å². The molecule has 2 aromatic carbocycles. The Morgan fingerprint density at radius 3 is 2.48 bits per heavy atom. The van der Waals surface area contributed by atoms with Crippen molar-refractivity contribution in [1.29, 1.82) is 0 Å². The van der Waals surface area contributed by atoms with E-state index in [1.165, 1.54) is 0 Å². The van der Waals surface area contributed by atoms with Crippen LogP contribution in [-0.4, -0.2) is 8.42 Å². The Balaban J connectivity index is 2.27. The highest BCUT2D eigenvalue weighted by Gasteiger charge is 2.21. The third-order valence-electron chi connectivity index (χ3n) is 3.05. The minimum Gasteiger partial charge on any atom is -0.396 e. The number of nitrogens with one attached hydrogen (secondary N) is 1. The van der Waals surface area contributed by atoms with Crippen molar-refractivity contribution in [2.45, 2.75) is 18.4 Å². The summed E-state index contributed by atoms with van der Waals surface area (Å²) in [5, 5.41) is 0. The van der Waals surface area contributed by atoms with E-state index in [2.05, 4.69) is 4.72 Å². The predicted octanol–water partition coefficient (Wildman–Crippen LogP) is 2.33. The van der Waals surface area contributed by atoms with Gasteiger partial charge >= 0.3 is 0 Å². The average molecular weight is 312 g/mol. The molecule has 2 rings (SSSR count). The Morgan fingerprint density at radius 1 is 1.14 bits per heavy atom. The molecule has 7 heteroatoms. The predicted molar refractivity (Wildman–Crippen MR) is 76.0 cm³/mol. The molecule has 0 aromatic heterocycles. The Morgan fingerprint density at radius 2 is 1.81 bits per heavy atom. The molecule has 21 heavy (non-hydrogen) atoms. The van der Waals surface area contributed by atoms with Crippen LogP contribution in [0.5, 0.6) is 0 Å². The van der Waals surface area contributed by atoms with Gasteiger partial charge in [-0.25, -0.2) is 21.9 Å². The van der Waals surface area contributed by atoms with Crippen LogP contribution in [0.4, 0.5) is 14.5 Å². The highest BCUT2D eigenvalue weighted by Crippen LogP contribution is 2.21. The second-order valence-electron chi connectivity index (χ2n) is 4.56. The summed E-state index contributed by atoms with van der Waals surface area (Å²) >= 11 is 0. The van der Waals surface area contributed by atoms with Gasteiger partial charge in [0, 0.05) is 12.6 Å². The summed E-state index contributed by atoms with van der Waals surface area (Å²) in [6, 6.07) is 8.41. The maximum absolute atomic E-state index is 13.6. The molecular formula is C14H14F2N2O2S. The Kier molecular flexibility index (Phi) is 4.24. The highest BCUT2D eigenvalue weighted by molar-refractivity contribution is 7.89. The van der Waals surface area contributed by atoms with Gasteiger partial charge in [0.2, 0.25) is 10.0 Å². The fourth-order valence-corrected chi connectivity index (χ4v) is 2.91. The van der Waals surface area contributed by atoms with Gasteiger partial charge in [0.25, 0.3) is 0 Å². The Bertz CT molecular complexity index is 777. The van der Waals surface area contributed by atoms with E-state index in [0.717, 1.165) is 17.2 Å². The first kappa shape index (κ1) is 15.4. The second-order valence-corrected chi connectivity index (χ2v) is 6.29. The van der Waals surface area contributed by atoms with Gasteiger partial charge in [-0.1, -0.05) is 24.3 Å². The molecule has 4 nitrogen and oxygen atoms in total. The van der Waals surface area contributed by atoms with Gasteiger partial charge < -0.3 is 5.73 Å². The summed E-state index contributed by atoms with van der Waals surface area (Å²) in [5.41, 5.74) is 6.52. The van der Waals surface area contributed by atoms with E-state index in [9.17, 15) is 17.2 Å². The van der Waals surface area contributed by atoms with Crippen LogP contribution in [0.2, 0.25) is 0 Å². The van der Waals surface area contributed by atoms with Crippen molar-refractivity contribution in [1.82, 2.24) is 4.72 Å². The smallest absolute Gasteiger partial charge is 0.243 e. The SMILES string of the molecule is Cc1ccccc1CNS(=O)(=O)c1cc(N)c(F)cc1F. The minimum absolute atomic E-state index is 0.00568. The van der Waals surface area contributed by atoms with E-state index >= 15 is 0 Å². The molecule has 3 N–H and O–H groups in total. The van der Waals surface area contributed by atoms with Crippen molar-refractivity contribution in [3.8, 4) is 0 Å². The lowest BCUT2D eigenvalue weighted by molar-refractivity contribution is 0.544. The zero-order valence-corrected chi connectivity index (χ0v) is 12.0. The lowest BCUT2D eigenvalue weighted by atomic mass is 10.1. The van der Waals surface area contributed by atoms with Crippen LogP contribution in [0.1, 0.15) is 11.1 Å². The van der Waals surface area contributed by atoms with Gasteiger partial charge in [-0.05, 0) is 24.1 Å². The molecule has 0 atom stereocenters. The third kappa shape index (κ3) is 3.37. The van der Waals surface area contributed by atoms with E-state index in [0.29, 0.717) is 6.07 Å². The van der Waals surface area contributed by atoms with Crippen molar-refractivity contribution in [3.05, 3.63) is 59.2 Å². The van der Waals surface area contributed by atoms with Gasteiger partial charge in [0.05, 0.1) is 5.69 Å². The fourth-order valence-electron chi connectivity index (χ4n) is 1.81. The molecule has 0 radical (unpaired) electrons. The number of aryl methyl sites for hydroxylation is 1. The first-order valence-electron chi connectivity index (χ1n) is 6.10. The van der Waals surface area contributed by atoms with Crippen LogP contribution in [0.3, 0.4) is 0 Å². The van der Waals surface area contributed by atoms with E-state index < -0.39 is 32.2 Å². The van der Waals surface area contributed by atoms with Crippen molar-refractivity contribution in [3.63, 3.8) is 0 Å². The standard InChI is InChI=1S/C14H14F2N2O2S/c1-9-4-2-3-5-10(9)8-18-21(19,20)14-7-13(17)11(15)6-12(14)16/h2-7,18H,8,17H2,1H3. The second kappa shape index (κ2) is 5.79. The Labute approximate surface area is 121 Å². The van der Waals surface area contributed by atoms with Gasteiger partial charge in [0.15, 0.2) is 0 Å². The number of hydrogen-bond donors (Lipinski definition) is 2. The number of nitrogens with two attached hydrogens (primary N) is 1. The van der Waals surface area contributed by atoms with Crippen LogP contribution in [0.25, 0.3) is 0 Å². The number of halogens is 2. The molecule has 0 bridgehead atoms. The molecular weight excluding hydrogens is 298 g/mol. The van der Waals surface area contributed by atoms with Gasteiger partial charge in [-0.15, -0.1) is 0 Å². The summed E-state index contributed by atoms with van der Waals surface area (Å²) in [6.45, 7) is 1.84. The molecule has 0 unspecified atom stereocenters. The molecule has 0 aliphatic rings. The van der Waals surface area contributed by atoms with Crippen molar-refractivity contribution < 1.29 is 17.2 Å². The molecule has 0 saturated heterocycles. The minimum atomic E-state index is -4.12. The number of nitrogen functional groups attached to an aromatic ring is 1. The van der Waals surface area contributed by atoms with Crippen LogP contribution in [-0.2, 0) is 16.6 Å². The summed E-state index contributed by atoms with van der Waals surface area (Å²) < 4.78 is 53.1. The van der Waals surface area contributed by atoms with Crippen LogP contribution in [0.15, 0.2) is 41.3 Å². The molecule has 2 aromatic rings. The van der Waals surface area contributed by atoms with Crippen molar-refractivity contribution in [2.75, 3.05) is 5.73 Å². The average Bonchev–Trinajstić information content (AvgIpc) is 2.42. The zero-order valence-electron chi connectivity index (χ0n) is 11.2. The van der Waals surface area contributed by atoms with Crippen LogP contribution < -0.4 is 10.5 Å². The maximum Gasteiger partial charge on any atom is 0.243 e. The summed E-state index contributed by atoms with van der Waals surface area (Å²) in [6.07, 6.45) is 0. The topological polar surface area (TPSA) is 72.2 Å². The number of sulfonamides is 1. The number of anilines is 1. The normalized spacial score (nSPS) is 11.6. The number of hydrogen-bond acceptors (Lipinski definition) is 3. The zero-order chi connectivity index (χ0) is 15.6. The largest absolute Gasteiger partial charge is 0.396 e. The summed E-state index contributed by atoms with van der Waals surface area (Å²) in [4.78, 5) is -0.671. The molecule has 0 amide bonds. The molecule has 112 valence electrons. The van der Waals surface area contributed by atoms with E-state index in [1.54, 1.807) is 12.1 Å². The van der Waals surface area contributed by atoms with E-state index in [1.807, 2.05) is 19.1 Å². The molecule has 0 heterocycles. The number of rotatable bonds is 4. The third-order valence-corrected chi connectivity index (χ3v) is 4.47. The van der Waals surface area contributed by atoms with Gasteiger partial charge in [-0.2, -0.15) is 0 Å². The summed E-state index contributed by atoms with van der Waals surface area (Å²) in [5.74, 6) is -2.18. The maximum atomic E-state index is 13.6. The lowest BCUT2D eigenvalue weighted by Gasteiger charge is -2.10. The quantitative estimate of drug-likeness (QED) is 0.851. The van der Waals surface area contributed by atoms with Crippen LogP contribution >= 0.6 is 0 Å². The van der Waals surface area contributed by atoms with Crippen molar-refractivity contribution >= 4 is 15.7 Å². The first-order chi connectivity index (χ1) is 9.81. The molecule has 0 aliphatic carbocycles. The monoisotopic (exact) mass is 312 g/mol. The van der Waals surface area contributed by atoms with Crippen LogP contribution in [0, 0.1) is 18.6 Å². The van der Waals surface area contributed by atoms with Gasteiger partial charge in [-0.3, -0.25) is 0 Å².